The van der Waals surface area contributed by atoms with Crippen molar-refractivity contribution in [2.45, 2.75) is 6.92 Å². The summed E-state index contributed by atoms with van der Waals surface area (Å²) in [5.74, 6) is 1.46. The fraction of sp³-hybridized carbons (Fsp3) is 0.267. The van der Waals surface area contributed by atoms with Crippen LogP contribution in [-0.2, 0) is 0 Å². The van der Waals surface area contributed by atoms with E-state index in [9.17, 15) is 4.79 Å². The summed E-state index contributed by atoms with van der Waals surface area (Å²) in [6, 6.07) is 9.20. The molecular formula is C15H15Br2NO3S. The molecule has 0 spiro atoms. The Hall–Kier alpha value is -1.05. The number of hydrogen-bond acceptors (Lipinski definition) is 4. The number of ether oxygens (including phenoxy) is 2. The van der Waals surface area contributed by atoms with Gasteiger partial charge in [0, 0.05) is 4.47 Å². The van der Waals surface area contributed by atoms with Crippen LogP contribution >= 0.6 is 43.2 Å². The molecule has 0 aliphatic rings. The molecule has 1 heterocycles. The third kappa shape index (κ3) is 5.00. The normalized spacial score (nSPS) is 10.3. The van der Waals surface area contributed by atoms with Crippen molar-refractivity contribution in [3.05, 3.63) is 43.5 Å². The number of amides is 1. The minimum absolute atomic E-state index is 0.105. The van der Waals surface area contributed by atoms with E-state index < -0.39 is 0 Å². The van der Waals surface area contributed by atoms with Gasteiger partial charge >= 0.3 is 0 Å². The van der Waals surface area contributed by atoms with Crippen LogP contribution in [0.1, 0.15) is 16.6 Å². The summed E-state index contributed by atoms with van der Waals surface area (Å²) in [6.07, 6.45) is 0. The monoisotopic (exact) mass is 447 g/mol. The van der Waals surface area contributed by atoms with Crippen LogP contribution in [0.15, 0.2) is 38.6 Å². The average molecular weight is 449 g/mol. The van der Waals surface area contributed by atoms with E-state index in [1.54, 1.807) is 6.07 Å². The summed E-state index contributed by atoms with van der Waals surface area (Å²) in [6.45, 7) is 3.44. The number of carbonyl (C=O) groups excluding carboxylic acids is 1. The van der Waals surface area contributed by atoms with E-state index in [1.165, 1.54) is 11.3 Å². The van der Waals surface area contributed by atoms with Gasteiger partial charge in [0.1, 0.15) is 18.1 Å². The molecule has 0 aliphatic heterocycles. The first-order valence-corrected chi connectivity index (χ1v) is 9.09. The van der Waals surface area contributed by atoms with Crippen molar-refractivity contribution in [3.63, 3.8) is 0 Å². The molecule has 0 unspecified atom stereocenters. The Morgan fingerprint density at radius 2 is 1.82 bits per heavy atom. The summed E-state index contributed by atoms with van der Waals surface area (Å²) in [5.41, 5.74) is 0. The van der Waals surface area contributed by atoms with E-state index in [0.29, 0.717) is 24.6 Å². The van der Waals surface area contributed by atoms with E-state index in [1.807, 2.05) is 31.2 Å². The molecule has 0 aliphatic carbocycles. The van der Waals surface area contributed by atoms with Gasteiger partial charge in [-0.3, -0.25) is 4.79 Å². The van der Waals surface area contributed by atoms with Crippen molar-refractivity contribution in [1.29, 1.82) is 0 Å². The summed E-state index contributed by atoms with van der Waals surface area (Å²) in [4.78, 5) is 12.6. The summed E-state index contributed by atoms with van der Waals surface area (Å²) in [5, 5.41) is 2.82. The van der Waals surface area contributed by atoms with Crippen LogP contribution < -0.4 is 14.8 Å². The molecular weight excluding hydrogens is 434 g/mol. The second kappa shape index (κ2) is 8.55. The lowest BCUT2D eigenvalue weighted by atomic mass is 10.3. The van der Waals surface area contributed by atoms with Crippen LogP contribution in [0.25, 0.3) is 0 Å². The fourth-order valence-corrected chi connectivity index (χ4v) is 3.63. The number of carbonyl (C=O) groups is 1. The lowest BCUT2D eigenvalue weighted by molar-refractivity contribution is 0.0951. The molecule has 7 heteroatoms. The molecule has 0 radical (unpaired) electrons. The number of nitrogens with one attached hydrogen (secondary N) is 1. The number of halogens is 2. The highest BCUT2D eigenvalue weighted by molar-refractivity contribution is 9.13. The van der Waals surface area contributed by atoms with Crippen molar-refractivity contribution in [2.24, 2.45) is 0 Å². The highest BCUT2D eigenvalue weighted by atomic mass is 79.9. The van der Waals surface area contributed by atoms with Crippen molar-refractivity contribution in [3.8, 4) is 11.5 Å². The van der Waals surface area contributed by atoms with E-state index in [-0.39, 0.29) is 5.91 Å². The molecule has 1 aromatic heterocycles. The number of rotatable bonds is 7. The highest BCUT2D eigenvalue weighted by Gasteiger charge is 2.11. The second-order valence-corrected chi connectivity index (χ2v) is 7.47. The standard InChI is InChI=1S/C15H15Br2NO3S/c1-2-20-10-3-5-11(6-4-10)21-8-7-18-15(19)13-9-12(16)14(17)22-13/h3-6,9H,2,7-8H2,1H3,(H,18,19). The van der Waals surface area contributed by atoms with Crippen LogP contribution in [0.5, 0.6) is 11.5 Å². The minimum Gasteiger partial charge on any atom is -0.494 e. The zero-order valence-electron chi connectivity index (χ0n) is 11.9. The predicted molar refractivity (Wildman–Crippen MR) is 95.2 cm³/mol. The van der Waals surface area contributed by atoms with Gasteiger partial charge in [0.2, 0.25) is 0 Å². The van der Waals surface area contributed by atoms with Crippen LogP contribution in [0, 0.1) is 0 Å². The maximum absolute atomic E-state index is 11.9. The SMILES string of the molecule is CCOc1ccc(OCCNC(=O)c2cc(Br)c(Br)s2)cc1. The molecule has 1 amide bonds. The Kier molecular flexibility index (Phi) is 6.72. The topological polar surface area (TPSA) is 47.6 Å². The number of thiophene rings is 1. The minimum atomic E-state index is -0.105. The molecule has 0 saturated heterocycles. The molecule has 0 bridgehead atoms. The average Bonchev–Trinajstić information content (AvgIpc) is 2.85. The summed E-state index contributed by atoms with van der Waals surface area (Å²) in [7, 11) is 0. The molecule has 0 fully saturated rings. The molecule has 2 rings (SSSR count). The van der Waals surface area contributed by atoms with Gasteiger partial charge in [0.05, 0.1) is 21.8 Å². The molecule has 22 heavy (non-hydrogen) atoms. The van der Waals surface area contributed by atoms with E-state index in [0.717, 1.165) is 19.8 Å². The van der Waals surface area contributed by atoms with E-state index >= 15 is 0 Å². The van der Waals surface area contributed by atoms with Gasteiger partial charge in [-0.1, -0.05) is 0 Å². The van der Waals surface area contributed by atoms with Gasteiger partial charge in [-0.15, -0.1) is 11.3 Å². The van der Waals surface area contributed by atoms with Crippen molar-refractivity contribution in [1.82, 2.24) is 5.32 Å². The maximum atomic E-state index is 11.9. The first-order valence-electron chi connectivity index (χ1n) is 6.69. The highest BCUT2D eigenvalue weighted by Crippen LogP contribution is 2.32. The largest absolute Gasteiger partial charge is 0.494 e. The molecule has 0 saturated carbocycles. The van der Waals surface area contributed by atoms with Gasteiger partial charge in [-0.2, -0.15) is 0 Å². The maximum Gasteiger partial charge on any atom is 0.261 e. The summed E-state index contributed by atoms with van der Waals surface area (Å²) >= 11 is 8.12. The Morgan fingerprint density at radius 3 is 2.36 bits per heavy atom. The molecule has 118 valence electrons. The lowest BCUT2D eigenvalue weighted by Gasteiger charge is -2.08. The van der Waals surface area contributed by atoms with Crippen LogP contribution in [0.2, 0.25) is 0 Å². The van der Waals surface area contributed by atoms with Gasteiger partial charge < -0.3 is 14.8 Å². The third-order valence-electron chi connectivity index (χ3n) is 2.66. The van der Waals surface area contributed by atoms with Gasteiger partial charge in [-0.25, -0.2) is 0 Å². The van der Waals surface area contributed by atoms with Crippen LogP contribution in [0.4, 0.5) is 0 Å². The van der Waals surface area contributed by atoms with Crippen LogP contribution in [-0.4, -0.2) is 25.7 Å². The first-order chi connectivity index (χ1) is 10.6. The van der Waals surface area contributed by atoms with Crippen molar-refractivity contribution >= 4 is 49.1 Å². The Bertz CT molecular complexity index is 609. The molecule has 2 aromatic rings. The smallest absolute Gasteiger partial charge is 0.261 e. The Morgan fingerprint density at radius 1 is 1.18 bits per heavy atom. The molecule has 4 nitrogen and oxygen atoms in total. The molecule has 1 N–H and O–H groups in total. The molecule has 1 aromatic carbocycles. The van der Waals surface area contributed by atoms with Crippen molar-refractivity contribution < 1.29 is 14.3 Å². The van der Waals surface area contributed by atoms with Crippen molar-refractivity contribution in [2.75, 3.05) is 19.8 Å². The predicted octanol–water partition coefficient (Wildman–Crippen LogP) is 4.48. The third-order valence-corrected chi connectivity index (χ3v) is 5.92. The van der Waals surface area contributed by atoms with E-state index in [4.69, 9.17) is 9.47 Å². The first kappa shape index (κ1) is 17.3. The summed E-state index contributed by atoms with van der Waals surface area (Å²) < 4.78 is 12.7. The van der Waals surface area contributed by atoms with E-state index in [2.05, 4.69) is 37.2 Å². The van der Waals surface area contributed by atoms with Gasteiger partial charge in [0.25, 0.3) is 5.91 Å². The second-order valence-electron chi connectivity index (χ2n) is 4.24. The Balaban J connectivity index is 1.73. The zero-order valence-corrected chi connectivity index (χ0v) is 15.9. The van der Waals surface area contributed by atoms with Gasteiger partial charge in [0.15, 0.2) is 0 Å². The quantitative estimate of drug-likeness (QED) is 0.635. The molecule has 0 atom stereocenters. The number of benzene rings is 1. The number of hydrogen-bond donors (Lipinski definition) is 1. The van der Waals surface area contributed by atoms with Crippen LogP contribution in [0.3, 0.4) is 0 Å². The fourth-order valence-electron chi connectivity index (χ4n) is 1.68. The Labute approximate surface area is 150 Å². The van der Waals surface area contributed by atoms with Gasteiger partial charge in [-0.05, 0) is 69.1 Å². The zero-order chi connectivity index (χ0) is 15.9. The lowest BCUT2D eigenvalue weighted by Crippen LogP contribution is -2.27.